The first-order valence-electron chi connectivity index (χ1n) is 5.30. The molecule has 0 aliphatic rings. The molecule has 0 amide bonds. The molecule has 0 unspecified atom stereocenters. The van der Waals surface area contributed by atoms with Crippen molar-refractivity contribution in [3.8, 4) is 0 Å². The van der Waals surface area contributed by atoms with E-state index in [2.05, 4.69) is 15.9 Å². The molecular weight excluding hydrogens is 325 g/mol. The minimum Gasteiger partial charge on any atom is -0.469 e. The summed E-state index contributed by atoms with van der Waals surface area (Å²) in [5.41, 5.74) is -1.30. The van der Waals surface area contributed by atoms with E-state index in [9.17, 15) is 18.0 Å². The fourth-order valence-corrected chi connectivity index (χ4v) is 2.02. The molecule has 0 N–H and O–H groups in total. The molecule has 1 heterocycles. The Balaban J connectivity index is 2.36. The van der Waals surface area contributed by atoms with Gasteiger partial charge in [-0.05, 0) is 30.3 Å². The van der Waals surface area contributed by atoms with E-state index in [0.717, 1.165) is 12.1 Å². The van der Waals surface area contributed by atoms with Crippen LogP contribution in [0.3, 0.4) is 0 Å². The van der Waals surface area contributed by atoms with Crippen LogP contribution in [-0.4, -0.2) is 5.78 Å². The van der Waals surface area contributed by atoms with Crippen LogP contribution in [0.5, 0.6) is 0 Å². The molecule has 0 fully saturated rings. The Labute approximate surface area is 115 Å². The minimum absolute atomic E-state index is 0.197. The highest BCUT2D eigenvalue weighted by atomic mass is 79.9. The summed E-state index contributed by atoms with van der Waals surface area (Å²) in [6.45, 7) is 0. The van der Waals surface area contributed by atoms with Gasteiger partial charge in [0.15, 0.2) is 5.78 Å². The fraction of sp³-hybridized carbons (Fsp3) is 0.154. The topological polar surface area (TPSA) is 30.2 Å². The SMILES string of the molecule is O=C(Cc1ccco1)c1ccc(Br)cc1C(F)(F)F. The van der Waals surface area contributed by atoms with Crippen LogP contribution in [0.1, 0.15) is 21.7 Å². The first-order chi connectivity index (χ1) is 8.88. The number of benzene rings is 1. The van der Waals surface area contributed by atoms with E-state index >= 15 is 0 Å². The second-order valence-corrected chi connectivity index (χ2v) is 4.78. The second-order valence-electron chi connectivity index (χ2n) is 3.87. The lowest BCUT2D eigenvalue weighted by atomic mass is 10.0. The van der Waals surface area contributed by atoms with Gasteiger partial charge in [-0.2, -0.15) is 13.2 Å². The Bertz CT molecular complexity index is 588. The monoisotopic (exact) mass is 332 g/mol. The molecule has 0 aliphatic carbocycles. The Kier molecular flexibility index (Phi) is 3.80. The average molecular weight is 333 g/mol. The summed E-state index contributed by atoms with van der Waals surface area (Å²) in [6.07, 6.45) is -3.40. The number of halogens is 4. The molecule has 0 bridgehead atoms. The van der Waals surface area contributed by atoms with Gasteiger partial charge in [0.2, 0.25) is 0 Å². The number of hydrogen-bond acceptors (Lipinski definition) is 2. The number of rotatable bonds is 3. The van der Waals surface area contributed by atoms with Crippen molar-refractivity contribution in [2.24, 2.45) is 0 Å². The summed E-state index contributed by atoms with van der Waals surface area (Å²) in [5.74, 6) is -0.296. The van der Waals surface area contributed by atoms with E-state index in [1.54, 1.807) is 12.1 Å². The predicted octanol–water partition coefficient (Wildman–Crippen LogP) is 4.49. The second kappa shape index (κ2) is 5.21. The zero-order chi connectivity index (χ0) is 14.0. The molecule has 6 heteroatoms. The Morgan fingerprint density at radius 2 is 2.00 bits per heavy atom. The van der Waals surface area contributed by atoms with Gasteiger partial charge in [0.05, 0.1) is 18.2 Å². The third-order valence-corrected chi connectivity index (χ3v) is 3.00. The summed E-state index contributed by atoms with van der Waals surface area (Å²) in [7, 11) is 0. The Morgan fingerprint density at radius 1 is 1.26 bits per heavy atom. The van der Waals surface area contributed by atoms with Gasteiger partial charge in [-0.1, -0.05) is 15.9 Å². The number of furan rings is 1. The highest BCUT2D eigenvalue weighted by Crippen LogP contribution is 2.34. The van der Waals surface area contributed by atoms with Crippen molar-refractivity contribution in [1.82, 2.24) is 0 Å². The molecule has 1 aromatic heterocycles. The molecule has 0 atom stereocenters. The zero-order valence-electron chi connectivity index (χ0n) is 9.50. The number of ketones is 1. The number of hydrogen-bond donors (Lipinski definition) is 0. The van der Waals surface area contributed by atoms with Crippen LogP contribution in [0.4, 0.5) is 13.2 Å². The predicted molar refractivity (Wildman–Crippen MR) is 65.9 cm³/mol. The van der Waals surface area contributed by atoms with Crippen molar-refractivity contribution in [3.05, 3.63) is 58.0 Å². The lowest BCUT2D eigenvalue weighted by Crippen LogP contribution is -2.14. The summed E-state index contributed by atoms with van der Waals surface area (Å²) in [6, 6.07) is 6.59. The molecule has 0 spiro atoms. The van der Waals surface area contributed by atoms with Crippen LogP contribution in [0.25, 0.3) is 0 Å². The van der Waals surface area contributed by atoms with E-state index in [1.165, 1.54) is 12.3 Å². The van der Waals surface area contributed by atoms with Crippen LogP contribution in [0.2, 0.25) is 0 Å². The van der Waals surface area contributed by atoms with Gasteiger partial charge in [0.1, 0.15) is 5.76 Å². The maximum atomic E-state index is 12.9. The van der Waals surface area contributed by atoms with Gasteiger partial charge >= 0.3 is 6.18 Å². The number of carbonyl (C=O) groups is 1. The molecule has 0 saturated heterocycles. The molecule has 19 heavy (non-hydrogen) atoms. The normalized spacial score (nSPS) is 11.6. The summed E-state index contributed by atoms with van der Waals surface area (Å²) in [5, 5.41) is 0. The molecule has 100 valence electrons. The van der Waals surface area contributed by atoms with Crippen LogP contribution in [0.15, 0.2) is 45.5 Å². The highest BCUT2D eigenvalue weighted by Gasteiger charge is 2.35. The first-order valence-corrected chi connectivity index (χ1v) is 6.09. The smallest absolute Gasteiger partial charge is 0.417 e. The van der Waals surface area contributed by atoms with Crippen molar-refractivity contribution in [3.63, 3.8) is 0 Å². The molecule has 0 aliphatic heterocycles. The quantitative estimate of drug-likeness (QED) is 0.775. The molecule has 2 rings (SSSR count). The van der Waals surface area contributed by atoms with E-state index in [-0.39, 0.29) is 16.5 Å². The highest BCUT2D eigenvalue weighted by molar-refractivity contribution is 9.10. The van der Waals surface area contributed by atoms with Crippen LogP contribution >= 0.6 is 15.9 Å². The Hall–Kier alpha value is -1.56. The van der Waals surface area contributed by atoms with Crippen molar-refractivity contribution < 1.29 is 22.4 Å². The van der Waals surface area contributed by atoms with E-state index in [0.29, 0.717) is 5.76 Å². The van der Waals surface area contributed by atoms with E-state index in [1.807, 2.05) is 0 Å². The minimum atomic E-state index is -4.57. The average Bonchev–Trinajstić information content (AvgIpc) is 2.80. The largest absolute Gasteiger partial charge is 0.469 e. The fourth-order valence-electron chi connectivity index (χ4n) is 1.66. The van der Waals surface area contributed by atoms with Gasteiger partial charge in [-0.15, -0.1) is 0 Å². The Morgan fingerprint density at radius 3 is 2.58 bits per heavy atom. The maximum Gasteiger partial charge on any atom is 0.417 e. The number of carbonyl (C=O) groups excluding carboxylic acids is 1. The molecule has 2 nitrogen and oxygen atoms in total. The standard InChI is InChI=1S/C13H8BrF3O2/c14-8-3-4-10(11(6-8)13(15,16)17)12(18)7-9-2-1-5-19-9/h1-6H,7H2. The zero-order valence-corrected chi connectivity index (χ0v) is 11.1. The van der Waals surface area contributed by atoms with Gasteiger partial charge in [-0.3, -0.25) is 4.79 Å². The summed E-state index contributed by atoms with van der Waals surface area (Å²) in [4.78, 5) is 11.9. The third kappa shape index (κ3) is 3.26. The molecule has 0 saturated carbocycles. The van der Waals surface area contributed by atoms with Crippen molar-refractivity contribution in [2.45, 2.75) is 12.6 Å². The van der Waals surface area contributed by atoms with Gasteiger partial charge in [0, 0.05) is 10.0 Å². The summed E-state index contributed by atoms with van der Waals surface area (Å²) < 4.78 is 43.8. The van der Waals surface area contributed by atoms with Crippen LogP contribution in [-0.2, 0) is 12.6 Å². The van der Waals surface area contributed by atoms with Gasteiger partial charge in [0.25, 0.3) is 0 Å². The van der Waals surface area contributed by atoms with Crippen molar-refractivity contribution in [2.75, 3.05) is 0 Å². The number of alkyl halides is 3. The van der Waals surface area contributed by atoms with Gasteiger partial charge in [-0.25, -0.2) is 0 Å². The van der Waals surface area contributed by atoms with Crippen LogP contribution in [0, 0.1) is 0 Å². The molecule has 2 aromatic rings. The number of Topliss-reactive ketones (excluding diaryl/α,β-unsaturated/α-hetero) is 1. The lowest BCUT2D eigenvalue weighted by molar-refractivity contribution is -0.138. The molecule has 0 radical (unpaired) electrons. The van der Waals surface area contributed by atoms with E-state index in [4.69, 9.17) is 4.42 Å². The van der Waals surface area contributed by atoms with Crippen LogP contribution < -0.4 is 0 Å². The van der Waals surface area contributed by atoms with Gasteiger partial charge < -0.3 is 4.42 Å². The molecular formula is C13H8BrF3O2. The van der Waals surface area contributed by atoms with Crippen molar-refractivity contribution >= 4 is 21.7 Å². The van der Waals surface area contributed by atoms with Crippen molar-refractivity contribution in [1.29, 1.82) is 0 Å². The maximum absolute atomic E-state index is 12.9. The molecule has 1 aromatic carbocycles. The van der Waals surface area contributed by atoms with E-state index < -0.39 is 17.5 Å². The summed E-state index contributed by atoms with van der Waals surface area (Å²) >= 11 is 2.97. The third-order valence-electron chi connectivity index (χ3n) is 2.50. The lowest BCUT2D eigenvalue weighted by Gasteiger charge is -2.12. The first kappa shape index (κ1) is 13.9.